The summed E-state index contributed by atoms with van der Waals surface area (Å²) in [6, 6.07) is 7.27. The fourth-order valence-electron chi connectivity index (χ4n) is 3.10. The van der Waals surface area contributed by atoms with Gasteiger partial charge < -0.3 is 10.2 Å². The topological polar surface area (TPSA) is 15.3 Å². The minimum atomic E-state index is -0.158. The molecule has 0 aliphatic carbocycles. The molecule has 1 aliphatic rings. The minimum Gasteiger partial charge on any atom is -0.314 e. The normalized spacial score (nSPS) is 19.4. The third-order valence-electron chi connectivity index (χ3n) is 4.29. The molecule has 2 nitrogen and oxygen atoms in total. The summed E-state index contributed by atoms with van der Waals surface area (Å²) >= 11 is 0. The van der Waals surface area contributed by atoms with Crippen LogP contribution in [0.1, 0.15) is 38.7 Å². The van der Waals surface area contributed by atoms with E-state index in [9.17, 15) is 4.39 Å². The predicted molar refractivity (Wildman–Crippen MR) is 87.0 cm³/mol. The molecule has 0 saturated carbocycles. The fourth-order valence-corrected chi connectivity index (χ4v) is 3.10. The van der Waals surface area contributed by atoms with Gasteiger partial charge in [0.15, 0.2) is 0 Å². The van der Waals surface area contributed by atoms with Crippen molar-refractivity contribution in [1.82, 2.24) is 10.2 Å². The van der Waals surface area contributed by atoms with E-state index in [-0.39, 0.29) is 5.82 Å². The first-order valence-corrected chi connectivity index (χ1v) is 8.33. The number of rotatable bonds is 7. The lowest BCUT2D eigenvalue weighted by Crippen LogP contribution is -2.39. The zero-order valence-corrected chi connectivity index (χ0v) is 13.4. The van der Waals surface area contributed by atoms with Gasteiger partial charge in [0.25, 0.3) is 0 Å². The molecule has 118 valence electrons. The molecule has 0 radical (unpaired) electrons. The van der Waals surface area contributed by atoms with Crippen molar-refractivity contribution in [3.05, 3.63) is 35.6 Å². The standard InChI is InChI=1S/C18H29FN2/c1-15(14-21-10-4-3-5-11-21)13-20-16(2)12-17-6-8-18(19)9-7-17/h6-9,15-16,20H,3-5,10-14H2,1-2H3. The van der Waals surface area contributed by atoms with Gasteiger partial charge in [0.05, 0.1) is 0 Å². The molecule has 0 amide bonds. The third kappa shape index (κ3) is 6.15. The highest BCUT2D eigenvalue weighted by Crippen LogP contribution is 2.11. The molecule has 2 atom stereocenters. The molecule has 1 aromatic carbocycles. The molecule has 21 heavy (non-hydrogen) atoms. The summed E-state index contributed by atoms with van der Waals surface area (Å²) in [5, 5.41) is 3.61. The lowest BCUT2D eigenvalue weighted by Gasteiger charge is -2.29. The highest BCUT2D eigenvalue weighted by molar-refractivity contribution is 5.16. The Kier molecular flexibility index (Phi) is 6.65. The van der Waals surface area contributed by atoms with Crippen LogP contribution >= 0.6 is 0 Å². The van der Waals surface area contributed by atoms with Crippen molar-refractivity contribution < 1.29 is 4.39 Å². The highest BCUT2D eigenvalue weighted by Gasteiger charge is 2.14. The van der Waals surface area contributed by atoms with Crippen LogP contribution in [0, 0.1) is 11.7 Å². The van der Waals surface area contributed by atoms with Crippen molar-refractivity contribution in [1.29, 1.82) is 0 Å². The van der Waals surface area contributed by atoms with Crippen molar-refractivity contribution in [2.75, 3.05) is 26.2 Å². The lowest BCUT2D eigenvalue weighted by molar-refractivity contribution is 0.197. The van der Waals surface area contributed by atoms with Crippen LogP contribution in [-0.4, -0.2) is 37.1 Å². The Balaban J connectivity index is 1.65. The van der Waals surface area contributed by atoms with Gasteiger partial charge in [0.1, 0.15) is 5.82 Å². The Bertz CT molecular complexity index is 398. The van der Waals surface area contributed by atoms with E-state index in [1.165, 1.54) is 44.5 Å². The third-order valence-corrected chi connectivity index (χ3v) is 4.29. The second-order valence-corrected chi connectivity index (χ2v) is 6.61. The second kappa shape index (κ2) is 8.50. The number of piperidine rings is 1. The first kappa shape index (κ1) is 16.4. The van der Waals surface area contributed by atoms with Crippen LogP contribution in [0.3, 0.4) is 0 Å². The predicted octanol–water partition coefficient (Wildman–Crippen LogP) is 3.47. The monoisotopic (exact) mass is 292 g/mol. The number of halogens is 1. The van der Waals surface area contributed by atoms with E-state index in [1.807, 2.05) is 12.1 Å². The average molecular weight is 292 g/mol. The van der Waals surface area contributed by atoms with Crippen LogP contribution < -0.4 is 5.32 Å². The molecule has 3 heteroatoms. The van der Waals surface area contributed by atoms with Crippen molar-refractivity contribution in [3.63, 3.8) is 0 Å². The summed E-state index contributed by atoms with van der Waals surface area (Å²) in [7, 11) is 0. The van der Waals surface area contributed by atoms with Gasteiger partial charge in [-0.2, -0.15) is 0 Å². The molecule has 1 heterocycles. The molecule has 1 aromatic rings. The molecule has 0 aromatic heterocycles. The first-order valence-electron chi connectivity index (χ1n) is 8.33. The highest BCUT2D eigenvalue weighted by atomic mass is 19.1. The van der Waals surface area contributed by atoms with Gasteiger partial charge >= 0.3 is 0 Å². The molecule has 2 rings (SSSR count). The zero-order chi connectivity index (χ0) is 15.1. The maximum absolute atomic E-state index is 12.9. The van der Waals surface area contributed by atoms with Crippen LogP contribution in [0.5, 0.6) is 0 Å². The largest absolute Gasteiger partial charge is 0.314 e. The number of hydrogen-bond donors (Lipinski definition) is 1. The summed E-state index contributed by atoms with van der Waals surface area (Å²) in [5.74, 6) is 0.522. The van der Waals surface area contributed by atoms with Gasteiger partial charge in [0.2, 0.25) is 0 Å². The Morgan fingerprint density at radius 2 is 1.76 bits per heavy atom. The maximum atomic E-state index is 12.9. The van der Waals surface area contributed by atoms with Crippen molar-refractivity contribution in [3.8, 4) is 0 Å². The van der Waals surface area contributed by atoms with Crippen LogP contribution in [0.25, 0.3) is 0 Å². The van der Waals surface area contributed by atoms with Gasteiger partial charge in [-0.05, 0) is 69.4 Å². The van der Waals surface area contributed by atoms with E-state index in [0.717, 1.165) is 13.0 Å². The van der Waals surface area contributed by atoms with E-state index < -0.39 is 0 Å². The Morgan fingerprint density at radius 3 is 2.43 bits per heavy atom. The van der Waals surface area contributed by atoms with Crippen LogP contribution in [0.4, 0.5) is 4.39 Å². The van der Waals surface area contributed by atoms with Gasteiger partial charge in [-0.1, -0.05) is 25.5 Å². The van der Waals surface area contributed by atoms with Gasteiger partial charge in [-0.15, -0.1) is 0 Å². The fraction of sp³-hybridized carbons (Fsp3) is 0.667. The molecule has 2 unspecified atom stereocenters. The molecule has 1 saturated heterocycles. The average Bonchev–Trinajstić information content (AvgIpc) is 2.49. The van der Waals surface area contributed by atoms with E-state index in [0.29, 0.717) is 12.0 Å². The molecule has 1 N–H and O–H groups in total. The van der Waals surface area contributed by atoms with Crippen molar-refractivity contribution in [2.24, 2.45) is 5.92 Å². The quantitative estimate of drug-likeness (QED) is 0.828. The zero-order valence-electron chi connectivity index (χ0n) is 13.4. The summed E-state index contributed by atoms with van der Waals surface area (Å²) in [5.41, 5.74) is 1.19. The lowest BCUT2D eigenvalue weighted by atomic mass is 10.1. The Labute approximate surface area is 128 Å². The summed E-state index contributed by atoms with van der Waals surface area (Å²) in [6.07, 6.45) is 5.08. The Morgan fingerprint density at radius 1 is 1.10 bits per heavy atom. The van der Waals surface area contributed by atoms with Crippen LogP contribution in [0.15, 0.2) is 24.3 Å². The van der Waals surface area contributed by atoms with Crippen molar-refractivity contribution >= 4 is 0 Å². The SMILES string of the molecule is CC(CNC(C)Cc1ccc(F)cc1)CN1CCCCC1. The number of hydrogen-bond acceptors (Lipinski definition) is 2. The summed E-state index contributed by atoms with van der Waals surface area (Å²) in [4.78, 5) is 2.60. The second-order valence-electron chi connectivity index (χ2n) is 6.61. The number of nitrogens with one attached hydrogen (secondary N) is 1. The smallest absolute Gasteiger partial charge is 0.123 e. The van der Waals surface area contributed by atoms with Crippen molar-refractivity contribution in [2.45, 2.75) is 45.6 Å². The van der Waals surface area contributed by atoms with E-state index >= 15 is 0 Å². The van der Waals surface area contributed by atoms with Gasteiger partial charge in [-0.3, -0.25) is 0 Å². The van der Waals surface area contributed by atoms with Crippen LogP contribution in [0.2, 0.25) is 0 Å². The summed E-state index contributed by atoms with van der Waals surface area (Å²) < 4.78 is 12.9. The van der Waals surface area contributed by atoms with Gasteiger partial charge in [0, 0.05) is 12.6 Å². The number of likely N-dealkylation sites (tertiary alicyclic amines) is 1. The Hall–Kier alpha value is -0.930. The van der Waals surface area contributed by atoms with Gasteiger partial charge in [-0.25, -0.2) is 4.39 Å². The molecule has 1 aliphatic heterocycles. The molecule has 1 fully saturated rings. The number of nitrogens with zero attached hydrogens (tertiary/aromatic N) is 1. The number of benzene rings is 1. The van der Waals surface area contributed by atoms with E-state index in [2.05, 4.69) is 24.1 Å². The summed E-state index contributed by atoms with van der Waals surface area (Å²) in [6.45, 7) is 9.34. The molecular formula is C18H29FN2. The first-order chi connectivity index (χ1) is 10.1. The van der Waals surface area contributed by atoms with Crippen LogP contribution in [-0.2, 0) is 6.42 Å². The molecule has 0 spiro atoms. The van der Waals surface area contributed by atoms with E-state index in [4.69, 9.17) is 0 Å². The van der Waals surface area contributed by atoms with E-state index in [1.54, 1.807) is 12.1 Å². The minimum absolute atomic E-state index is 0.158. The molecular weight excluding hydrogens is 263 g/mol. The maximum Gasteiger partial charge on any atom is 0.123 e. The molecule has 0 bridgehead atoms.